The van der Waals surface area contributed by atoms with E-state index in [0.29, 0.717) is 18.2 Å². The zero-order valence-electron chi connectivity index (χ0n) is 12.3. The summed E-state index contributed by atoms with van der Waals surface area (Å²) < 4.78 is 5.93. The second kappa shape index (κ2) is 4.44. The number of fused-ring (bicyclic) bond motifs is 1. The van der Waals surface area contributed by atoms with Crippen LogP contribution in [0.15, 0.2) is 12.1 Å². The predicted octanol–water partition coefficient (Wildman–Crippen LogP) is 2.77. The van der Waals surface area contributed by atoms with Crippen LogP contribution in [0.2, 0.25) is 0 Å². The van der Waals surface area contributed by atoms with Gasteiger partial charge in [-0.2, -0.15) is 0 Å². The van der Waals surface area contributed by atoms with E-state index in [-0.39, 0.29) is 5.91 Å². The first-order chi connectivity index (χ1) is 8.74. The highest BCUT2D eigenvalue weighted by atomic mass is 16.5. The van der Waals surface area contributed by atoms with Gasteiger partial charge in [-0.15, -0.1) is 0 Å². The van der Waals surface area contributed by atoms with Crippen molar-refractivity contribution in [3.05, 3.63) is 17.7 Å². The summed E-state index contributed by atoms with van der Waals surface area (Å²) in [5, 5.41) is 0. The molecular formula is C15H22N2O2. The lowest BCUT2D eigenvalue weighted by Crippen LogP contribution is -2.39. The normalized spacial score (nSPS) is 18.0. The molecule has 104 valence electrons. The number of rotatable bonds is 1. The van der Waals surface area contributed by atoms with Crippen LogP contribution in [-0.2, 0) is 4.79 Å². The zero-order valence-corrected chi connectivity index (χ0v) is 12.3. The van der Waals surface area contributed by atoms with E-state index in [1.165, 1.54) is 0 Å². The second-order valence-corrected chi connectivity index (χ2v) is 6.15. The smallest absolute Gasteiger partial charge is 0.235 e. The maximum atomic E-state index is 12.4. The summed E-state index contributed by atoms with van der Waals surface area (Å²) in [5.41, 5.74) is 7.89. The van der Waals surface area contributed by atoms with Gasteiger partial charge in [0.1, 0.15) is 12.4 Å². The highest BCUT2D eigenvalue weighted by Crippen LogP contribution is 2.42. The summed E-state index contributed by atoms with van der Waals surface area (Å²) in [6.45, 7) is 8.37. The average Bonchev–Trinajstić information content (AvgIpc) is 2.40. The Morgan fingerprint density at radius 2 is 2.00 bits per heavy atom. The quantitative estimate of drug-likeness (QED) is 0.792. The van der Waals surface area contributed by atoms with Gasteiger partial charge in [-0.25, -0.2) is 0 Å². The summed E-state index contributed by atoms with van der Waals surface area (Å²) in [7, 11) is 1.78. The van der Waals surface area contributed by atoms with Crippen molar-refractivity contribution in [3.8, 4) is 5.75 Å². The molecule has 0 aromatic heterocycles. The lowest BCUT2D eigenvalue weighted by Gasteiger charge is -2.24. The lowest BCUT2D eigenvalue weighted by molar-refractivity contribution is -0.127. The number of nitrogens with two attached hydrogens (primary N) is 1. The van der Waals surface area contributed by atoms with Gasteiger partial charge >= 0.3 is 0 Å². The molecule has 19 heavy (non-hydrogen) atoms. The molecule has 0 fully saturated rings. The highest BCUT2D eigenvalue weighted by molar-refractivity contribution is 5.99. The molecular weight excluding hydrogens is 240 g/mol. The number of hydrogen-bond acceptors (Lipinski definition) is 3. The number of anilines is 2. The molecule has 2 N–H and O–H groups in total. The molecule has 1 heterocycles. The molecule has 0 aliphatic carbocycles. The molecule has 0 bridgehead atoms. The third-order valence-corrected chi connectivity index (χ3v) is 3.56. The minimum absolute atomic E-state index is 0.0477. The molecule has 2 rings (SSSR count). The summed E-state index contributed by atoms with van der Waals surface area (Å²) in [6, 6.07) is 3.74. The number of ether oxygens (including phenoxy) is 1. The molecule has 4 nitrogen and oxygen atoms in total. The van der Waals surface area contributed by atoms with Crippen LogP contribution >= 0.6 is 0 Å². The zero-order chi connectivity index (χ0) is 14.4. The third kappa shape index (κ3) is 2.27. The van der Waals surface area contributed by atoms with Gasteiger partial charge in [0.2, 0.25) is 5.91 Å². The first-order valence-electron chi connectivity index (χ1n) is 6.58. The van der Waals surface area contributed by atoms with Crippen molar-refractivity contribution in [3.63, 3.8) is 0 Å². The van der Waals surface area contributed by atoms with Crippen LogP contribution in [0.5, 0.6) is 5.75 Å². The molecule has 0 radical (unpaired) electrons. The fourth-order valence-corrected chi connectivity index (χ4v) is 2.37. The van der Waals surface area contributed by atoms with Gasteiger partial charge in [-0.3, -0.25) is 4.79 Å². The maximum absolute atomic E-state index is 12.4. The van der Waals surface area contributed by atoms with E-state index in [1.54, 1.807) is 18.0 Å². The van der Waals surface area contributed by atoms with Crippen molar-refractivity contribution < 1.29 is 9.53 Å². The van der Waals surface area contributed by atoms with Crippen LogP contribution < -0.4 is 15.4 Å². The third-order valence-electron chi connectivity index (χ3n) is 3.56. The Kier molecular flexibility index (Phi) is 3.20. The molecule has 0 saturated heterocycles. The van der Waals surface area contributed by atoms with E-state index in [2.05, 4.69) is 13.8 Å². The summed E-state index contributed by atoms with van der Waals surface area (Å²) in [4.78, 5) is 14.1. The Hall–Kier alpha value is -1.71. The predicted molar refractivity (Wildman–Crippen MR) is 77.6 cm³/mol. The first-order valence-corrected chi connectivity index (χ1v) is 6.58. The molecule has 1 aliphatic heterocycles. The van der Waals surface area contributed by atoms with Crippen LogP contribution in [0.25, 0.3) is 0 Å². The van der Waals surface area contributed by atoms with Crippen LogP contribution in [0.1, 0.15) is 39.2 Å². The summed E-state index contributed by atoms with van der Waals surface area (Å²) in [5.74, 6) is 1.12. The van der Waals surface area contributed by atoms with E-state index in [1.807, 2.05) is 19.9 Å². The van der Waals surface area contributed by atoms with Crippen molar-refractivity contribution in [2.45, 2.75) is 33.6 Å². The number of nitrogens with zero attached hydrogens (tertiary/aromatic N) is 1. The Bertz CT molecular complexity index is 521. The van der Waals surface area contributed by atoms with Crippen LogP contribution in [0, 0.1) is 5.41 Å². The largest absolute Gasteiger partial charge is 0.490 e. The standard InChI is InChI=1S/C15H22N2O2/c1-9(2)11-6-10(16)7-12-13(11)19-8-15(3,4)14(18)17(12)5/h6-7,9H,8,16H2,1-5H3. The summed E-state index contributed by atoms with van der Waals surface area (Å²) in [6.07, 6.45) is 0. The molecule has 0 spiro atoms. The van der Waals surface area contributed by atoms with Crippen molar-refractivity contribution in [2.24, 2.45) is 5.41 Å². The fraction of sp³-hybridized carbons (Fsp3) is 0.533. The molecule has 1 aromatic carbocycles. The Morgan fingerprint density at radius 1 is 1.37 bits per heavy atom. The van der Waals surface area contributed by atoms with Gasteiger partial charge in [0.15, 0.2) is 0 Å². The van der Waals surface area contributed by atoms with Gasteiger partial charge < -0.3 is 15.4 Å². The highest BCUT2D eigenvalue weighted by Gasteiger charge is 2.37. The molecule has 1 aliphatic rings. The van der Waals surface area contributed by atoms with Gasteiger partial charge in [0, 0.05) is 18.3 Å². The average molecular weight is 262 g/mol. The fourth-order valence-electron chi connectivity index (χ4n) is 2.37. The van der Waals surface area contributed by atoms with E-state index in [9.17, 15) is 4.79 Å². The molecule has 0 saturated carbocycles. The van der Waals surface area contributed by atoms with Crippen molar-refractivity contribution in [1.82, 2.24) is 0 Å². The first kappa shape index (κ1) is 13.7. The van der Waals surface area contributed by atoms with Crippen LogP contribution in [0.3, 0.4) is 0 Å². The SMILES string of the molecule is CC(C)c1cc(N)cc2c1OCC(C)(C)C(=O)N2C. The molecule has 0 unspecified atom stereocenters. The van der Waals surface area contributed by atoms with E-state index in [4.69, 9.17) is 10.5 Å². The number of carbonyl (C=O) groups is 1. The number of carbonyl (C=O) groups excluding carboxylic acids is 1. The Morgan fingerprint density at radius 3 is 2.58 bits per heavy atom. The van der Waals surface area contributed by atoms with Crippen LogP contribution in [0.4, 0.5) is 11.4 Å². The maximum Gasteiger partial charge on any atom is 0.235 e. The Labute approximate surface area is 114 Å². The van der Waals surface area contributed by atoms with Gasteiger partial charge in [0.25, 0.3) is 0 Å². The second-order valence-electron chi connectivity index (χ2n) is 6.15. The van der Waals surface area contributed by atoms with E-state index < -0.39 is 5.41 Å². The van der Waals surface area contributed by atoms with Gasteiger partial charge in [0.05, 0.1) is 11.1 Å². The minimum atomic E-state index is -0.531. The number of benzene rings is 1. The number of hydrogen-bond donors (Lipinski definition) is 1. The van der Waals surface area contributed by atoms with Crippen molar-refractivity contribution >= 4 is 17.3 Å². The number of amides is 1. The topological polar surface area (TPSA) is 55.6 Å². The van der Waals surface area contributed by atoms with Gasteiger partial charge in [-0.05, 0) is 31.9 Å². The monoisotopic (exact) mass is 262 g/mol. The van der Waals surface area contributed by atoms with E-state index in [0.717, 1.165) is 17.0 Å². The minimum Gasteiger partial charge on any atom is -0.490 e. The van der Waals surface area contributed by atoms with Crippen molar-refractivity contribution in [2.75, 3.05) is 24.3 Å². The Balaban J connectivity index is 2.63. The summed E-state index contributed by atoms with van der Waals surface area (Å²) >= 11 is 0. The van der Waals surface area contributed by atoms with E-state index >= 15 is 0 Å². The van der Waals surface area contributed by atoms with Crippen molar-refractivity contribution in [1.29, 1.82) is 0 Å². The van der Waals surface area contributed by atoms with Crippen LogP contribution in [-0.4, -0.2) is 19.6 Å². The van der Waals surface area contributed by atoms with Gasteiger partial charge in [-0.1, -0.05) is 13.8 Å². The molecule has 4 heteroatoms. The lowest BCUT2D eigenvalue weighted by atomic mass is 9.93. The number of nitrogen functional groups attached to an aromatic ring is 1. The molecule has 1 amide bonds. The molecule has 0 atom stereocenters. The molecule has 1 aromatic rings.